The second-order valence-corrected chi connectivity index (χ2v) is 9.85. The summed E-state index contributed by atoms with van der Waals surface area (Å²) in [4.78, 5) is 27.0. The summed E-state index contributed by atoms with van der Waals surface area (Å²) in [5, 5.41) is 0. The Morgan fingerprint density at radius 3 is 2.35 bits per heavy atom. The Labute approximate surface area is 182 Å². The summed E-state index contributed by atoms with van der Waals surface area (Å²) >= 11 is 0. The van der Waals surface area contributed by atoms with Crippen LogP contribution in [-0.4, -0.2) is 32.2 Å². The van der Waals surface area contributed by atoms with Crippen LogP contribution in [0.5, 0.6) is 5.75 Å². The maximum atomic E-state index is 13.0. The molecule has 1 heterocycles. The van der Waals surface area contributed by atoms with Crippen LogP contribution in [0.2, 0.25) is 0 Å². The van der Waals surface area contributed by atoms with Gasteiger partial charge in [-0.3, -0.25) is 19.2 Å². The van der Waals surface area contributed by atoms with E-state index in [-0.39, 0.29) is 35.1 Å². The number of amides is 2. The number of benzene rings is 2. The number of likely N-dealkylation sites (tertiary alicyclic amines) is 1. The van der Waals surface area contributed by atoms with Crippen molar-refractivity contribution in [3.63, 3.8) is 0 Å². The first-order valence-corrected chi connectivity index (χ1v) is 11.9. The number of nitrogens with zero attached hydrogens (tertiary/aromatic N) is 1. The van der Waals surface area contributed by atoms with Crippen molar-refractivity contribution in [3.8, 4) is 5.75 Å². The van der Waals surface area contributed by atoms with E-state index >= 15 is 0 Å². The molecular weight excluding hydrogens is 416 g/mol. The number of carbonyl (C=O) groups is 2. The highest BCUT2D eigenvalue weighted by molar-refractivity contribution is 7.92. The first-order chi connectivity index (χ1) is 14.8. The molecule has 1 saturated carbocycles. The van der Waals surface area contributed by atoms with Gasteiger partial charge in [-0.15, -0.1) is 0 Å². The lowest BCUT2D eigenvalue weighted by molar-refractivity contribution is -0.140. The third-order valence-electron chi connectivity index (χ3n) is 6.14. The standard InChI is InChI=1S/C23H26N2O5S/c1-15-10-11-16(14-25-22(26)19-8-3-4-9-20(19)23(25)27)12-21(15)31(28,29)24-17-6-5-7-18(13-17)30-2/h5-7,10-13,19-20,24H,3-4,8-9,14H2,1-2H3. The van der Waals surface area contributed by atoms with E-state index in [0.29, 0.717) is 22.6 Å². The molecule has 4 rings (SSSR count). The zero-order valence-electron chi connectivity index (χ0n) is 17.6. The normalized spacial score (nSPS) is 21.2. The molecule has 2 unspecified atom stereocenters. The Kier molecular flexibility index (Phi) is 5.75. The monoisotopic (exact) mass is 442 g/mol. The number of methoxy groups -OCH3 is 1. The van der Waals surface area contributed by atoms with Crippen LogP contribution in [0.15, 0.2) is 47.4 Å². The van der Waals surface area contributed by atoms with Crippen LogP contribution in [0.4, 0.5) is 5.69 Å². The van der Waals surface area contributed by atoms with Gasteiger partial charge in [-0.05, 0) is 49.1 Å². The van der Waals surface area contributed by atoms with E-state index in [9.17, 15) is 18.0 Å². The summed E-state index contributed by atoms with van der Waals surface area (Å²) in [7, 11) is -2.35. The predicted octanol–water partition coefficient (Wildman–Crippen LogP) is 3.48. The highest BCUT2D eigenvalue weighted by Crippen LogP contribution is 2.38. The predicted molar refractivity (Wildman–Crippen MR) is 116 cm³/mol. The number of rotatable bonds is 6. The van der Waals surface area contributed by atoms with Crippen LogP contribution in [0.1, 0.15) is 36.8 Å². The zero-order valence-corrected chi connectivity index (χ0v) is 18.4. The minimum Gasteiger partial charge on any atom is -0.497 e. The highest BCUT2D eigenvalue weighted by atomic mass is 32.2. The van der Waals surface area contributed by atoms with E-state index in [2.05, 4.69) is 4.72 Å². The quantitative estimate of drug-likeness (QED) is 0.692. The lowest BCUT2D eigenvalue weighted by Crippen LogP contribution is -2.30. The molecule has 1 saturated heterocycles. The fourth-order valence-corrected chi connectivity index (χ4v) is 5.84. The van der Waals surface area contributed by atoms with Crippen molar-refractivity contribution < 1.29 is 22.7 Å². The van der Waals surface area contributed by atoms with Crippen molar-refractivity contribution in [3.05, 3.63) is 53.6 Å². The van der Waals surface area contributed by atoms with Crippen LogP contribution in [-0.2, 0) is 26.2 Å². The Morgan fingerprint density at radius 2 is 1.71 bits per heavy atom. The lowest BCUT2D eigenvalue weighted by atomic mass is 9.81. The van der Waals surface area contributed by atoms with Crippen LogP contribution < -0.4 is 9.46 Å². The molecule has 2 aromatic rings. The molecule has 0 spiro atoms. The maximum absolute atomic E-state index is 13.0. The van der Waals surface area contributed by atoms with Crippen LogP contribution in [0.25, 0.3) is 0 Å². The molecule has 1 aliphatic carbocycles. The summed E-state index contributed by atoms with van der Waals surface area (Å²) in [6.07, 6.45) is 3.45. The summed E-state index contributed by atoms with van der Waals surface area (Å²) < 4.78 is 33.8. The van der Waals surface area contributed by atoms with Gasteiger partial charge in [-0.1, -0.05) is 31.0 Å². The van der Waals surface area contributed by atoms with Gasteiger partial charge in [0.25, 0.3) is 10.0 Å². The minimum atomic E-state index is -3.87. The molecule has 2 aliphatic rings. The Balaban J connectivity index is 1.58. The first-order valence-electron chi connectivity index (χ1n) is 10.4. The molecule has 8 heteroatoms. The van der Waals surface area contributed by atoms with E-state index in [1.54, 1.807) is 49.4 Å². The molecule has 2 atom stereocenters. The molecule has 2 fully saturated rings. The van der Waals surface area contributed by atoms with E-state index < -0.39 is 10.0 Å². The molecule has 1 aliphatic heterocycles. The van der Waals surface area contributed by atoms with Crippen molar-refractivity contribution >= 4 is 27.5 Å². The van der Waals surface area contributed by atoms with E-state index in [1.807, 2.05) is 0 Å². The van der Waals surface area contributed by atoms with E-state index in [4.69, 9.17) is 4.74 Å². The number of aryl methyl sites for hydroxylation is 1. The topological polar surface area (TPSA) is 92.8 Å². The van der Waals surface area contributed by atoms with Crippen molar-refractivity contribution in [2.75, 3.05) is 11.8 Å². The first kappa shape index (κ1) is 21.4. The fraction of sp³-hybridized carbons (Fsp3) is 0.391. The number of imide groups is 1. The zero-order chi connectivity index (χ0) is 22.2. The Hall–Kier alpha value is -2.87. The molecule has 2 aromatic carbocycles. The Bertz CT molecular complexity index is 1100. The Morgan fingerprint density at radius 1 is 1.03 bits per heavy atom. The summed E-state index contributed by atoms with van der Waals surface area (Å²) in [5.41, 5.74) is 1.57. The van der Waals surface area contributed by atoms with Gasteiger partial charge in [-0.2, -0.15) is 0 Å². The van der Waals surface area contributed by atoms with Crippen molar-refractivity contribution in [1.82, 2.24) is 4.90 Å². The number of hydrogen-bond acceptors (Lipinski definition) is 5. The molecular formula is C23H26N2O5S. The summed E-state index contributed by atoms with van der Waals surface area (Å²) in [6.45, 7) is 1.80. The van der Waals surface area contributed by atoms with Gasteiger partial charge >= 0.3 is 0 Å². The average molecular weight is 443 g/mol. The minimum absolute atomic E-state index is 0.0899. The van der Waals surface area contributed by atoms with Crippen molar-refractivity contribution in [1.29, 1.82) is 0 Å². The van der Waals surface area contributed by atoms with Gasteiger partial charge in [0, 0.05) is 6.07 Å². The number of nitrogens with one attached hydrogen (secondary N) is 1. The molecule has 0 bridgehead atoms. The van der Waals surface area contributed by atoms with Gasteiger partial charge in [-0.25, -0.2) is 8.42 Å². The van der Waals surface area contributed by atoms with Crippen LogP contribution >= 0.6 is 0 Å². The summed E-state index contributed by atoms with van der Waals surface area (Å²) in [6, 6.07) is 11.7. The van der Waals surface area contributed by atoms with Gasteiger partial charge in [0.1, 0.15) is 5.75 Å². The molecule has 7 nitrogen and oxygen atoms in total. The van der Waals surface area contributed by atoms with Crippen LogP contribution in [0, 0.1) is 18.8 Å². The van der Waals surface area contributed by atoms with Crippen LogP contribution in [0.3, 0.4) is 0 Å². The van der Waals surface area contributed by atoms with E-state index in [0.717, 1.165) is 25.7 Å². The van der Waals surface area contributed by atoms with Gasteiger partial charge in [0.05, 0.1) is 36.1 Å². The largest absolute Gasteiger partial charge is 0.497 e. The fourth-order valence-electron chi connectivity index (χ4n) is 4.50. The number of hydrogen-bond donors (Lipinski definition) is 1. The maximum Gasteiger partial charge on any atom is 0.262 e. The molecule has 31 heavy (non-hydrogen) atoms. The molecule has 1 N–H and O–H groups in total. The van der Waals surface area contributed by atoms with Gasteiger partial charge < -0.3 is 4.74 Å². The number of sulfonamides is 1. The number of carbonyl (C=O) groups excluding carboxylic acids is 2. The molecule has 0 aromatic heterocycles. The summed E-state index contributed by atoms with van der Waals surface area (Å²) in [5.74, 6) is -0.157. The smallest absolute Gasteiger partial charge is 0.262 e. The lowest BCUT2D eigenvalue weighted by Gasteiger charge is -2.19. The van der Waals surface area contributed by atoms with Crippen molar-refractivity contribution in [2.24, 2.45) is 11.8 Å². The highest BCUT2D eigenvalue weighted by Gasteiger charge is 2.47. The SMILES string of the molecule is COc1cccc(NS(=O)(=O)c2cc(CN3C(=O)C4CCCCC4C3=O)ccc2C)c1. The van der Waals surface area contributed by atoms with Gasteiger partial charge in [0.15, 0.2) is 0 Å². The number of anilines is 1. The second kappa shape index (κ2) is 8.34. The molecule has 0 radical (unpaired) electrons. The van der Waals surface area contributed by atoms with Crippen molar-refractivity contribution in [2.45, 2.75) is 44.0 Å². The number of fused-ring (bicyclic) bond motifs is 1. The average Bonchev–Trinajstić information content (AvgIpc) is 3.00. The third-order valence-corrected chi connectivity index (χ3v) is 7.66. The molecule has 2 amide bonds. The molecule has 164 valence electrons. The van der Waals surface area contributed by atoms with Gasteiger partial charge in [0.2, 0.25) is 11.8 Å². The second-order valence-electron chi connectivity index (χ2n) is 8.20. The number of ether oxygens (including phenoxy) is 1. The van der Waals surface area contributed by atoms with E-state index in [1.165, 1.54) is 12.0 Å². The third kappa shape index (κ3) is 4.17.